The Morgan fingerprint density at radius 3 is 2.59 bits per heavy atom. The van der Waals surface area contributed by atoms with Crippen molar-refractivity contribution < 1.29 is 9.53 Å². The first-order valence-corrected chi connectivity index (χ1v) is 10.3. The fraction of sp³-hybridized carbons (Fsp3) is 0.100. The lowest BCUT2D eigenvalue weighted by Crippen LogP contribution is -2.09. The second kappa shape index (κ2) is 8.14. The Kier molecular flexibility index (Phi) is 5.41. The van der Waals surface area contributed by atoms with Crippen molar-refractivity contribution in [3.8, 4) is 17.4 Å². The van der Waals surface area contributed by atoms with Crippen LogP contribution in [0.1, 0.15) is 21.1 Å². The van der Waals surface area contributed by atoms with Gasteiger partial charge in [0, 0.05) is 27.3 Å². The van der Waals surface area contributed by atoms with Gasteiger partial charge >= 0.3 is 0 Å². The van der Waals surface area contributed by atoms with Gasteiger partial charge in [-0.25, -0.2) is 14.6 Å². The van der Waals surface area contributed by atoms with E-state index in [1.807, 2.05) is 25.3 Å². The molecule has 7 nitrogen and oxygen atoms in total. The highest BCUT2D eigenvalue weighted by Crippen LogP contribution is 2.24. The van der Waals surface area contributed by atoms with E-state index in [0.717, 1.165) is 15.9 Å². The molecule has 0 saturated carbocycles. The molecule has 1 N–H and O–H groups in total. The average molecular weight is 470 g/mol. The van der Waals surface area contributed by atoms with Crippen LogP contribution in [-0.4, -0.2) is 25.7 Å². The molecule has 0 fully saturated rings. The number of hydrogen-bond donors (Lipinski definition) is 1. The van der Waals surface area contributed by atoms with Crippen LogP contribution < -0.4 is 10.1 Å². The Balaban J connectivity index is 1.46. The number of amides is 1. The number of hydrogen-bond acceptors (Lipinski definition) is 6. The standard InChI is InChI=1S/C20H16BrN5O2S/c1-12-7-13(2)26(25-12)18-9-19(23-11-22-18)28-16-5-3-15(4-6-16)24-20(27)17-8-14(21)10-29-17/h3-11H,1-2H3,(H,24,27). The molecule has 4 rings (SSSR count). The molecule has 0 unspecified atom stereocenters. The number of aromatic nitrogens is 4. The van der Waals surface area contributed by atoms with Crippen molar-refractivity contribution in [2.24, 2.45) is 0 Å². The molecule has 0 spiro atoms. The first-order valence-electron chi connectivity index (χ1n) is 8.67. The Bertz CT molecular complexity index is 1170. The van der Waals surface area contributed by atoms with E-state index in [9.17, 15) is 4.79 Å². The van der Waals surface area contributed by atoms with Crippen molar-refractivity contribution in [2.45, 2.75) is 13.8 Å². The van der Waals surface area contributed by atoms with Gasteiger partial charge in [-0.2, -0.15) is 5.10 Å². The highest BCUT2D eigenvalue weighted by Gasteiger charge is 2.10. The quantitative estimate of drug-likeness (QED) is 0.437. The first-order chi connectivity index (χ1) is 14.0. The van der Waals surface area contributed by atoms with E-state index in [4.69, 9.17) is 4.74 Å². The highest BCUT2D eigenvalue weighted by atomic mass is 79.9. The Labute approximate surface area is 179 Å². The number of benzene rings is 1. The molecule has 3 heterocycles. The molecule has 9 heteroatoms. The SMILES string of the molecule is Cc1cc(C)n(-c2cc(Oc3ccc(NC(=O)c4cc(Br)cs4)cc3)ncn2)n1. The van der Waals surface area contributed by atoms with Crippen LogP contribution in [0.5, 0.6) is 11.6 Å². The summed E-state index contributed by atoms with van der Waals surface area (Å²) in [6.07, 6.45) is 1.44. The fourth-order valence-corrected chi connectivity index (χ4v) is 4.04. The Hall–Kier alpha value is -3.04. The molecule has 0 radical (unpaired) electrons. The number of carbonyl (C=O) groups is 1. The smallest absolute Gasteiger partial charge is 0.265 e. The molecule has 0 bridgehead atoms. The van der Waals surface area contributed by atoms with E-state index in [0.29, 0.717) is 28.0 Å². The van der Waals surface area contributed by atoms with Crippen molar-refractivity contribution in [1.29, 1.82) is 0 Å². The summed E-state index contributed by atoms with van der Waals surface area (Å²) in [4.78, 5) is 21.3. The summed E-state index contributed by atoms with van der Waals surface area (Å²) >= 11 is 4.73. The summed E-state index contributed by atoms with van der Waals surface area (Å²) in [5, 5.41) is 9.15. The molecule has 0 atom stereocenters. The summed E-state index contributed by atoms with van der Waals surface area (Å²) in [5.41, 5.74) is 2.57. The summed E-state index contributed by atoms with van der Waals surface area (Å²) in [5.74, 6) is 1.48. The lowest BCUT2D eigenvalue weighted by Gasteiger charge is -2.08. The maximum Gasteiger partial charge on any atom is 0.265 e. The van der Waals surface area contributed by atoms with E-state index in [1.54, 1.807) is 41.1 Å². The summed E-state index contributed by atoms with van der Waals surface area (Å²) in [7, 11) is 0. The maximum absolute atomic E-state index is 12.2. The lowest BCUT2D eigenvalue weighted by atomic mass is 10.3. The van der Waals surface area contributed by atoms with E-state index in [2.05, 4.69) is 36.3 Å². The van der Waals surface area contributed by atoms with Crippen molar-refractivity contribution >= 4 is 38.9 Å². The van der Waals surface area contributed by atoms with E-state index >= 15 is 0 Å². The minimum Gasteiger partial charge on any atom is -0.439 e. The Morgan fingerprint density at radius 2 is 1.93 bits per heavy atom. The second-order valence-electron chi connectivity index (χ2n) is 6.26. The molecule has 0 aliphatic rings. The molecule has 146 valence electrons. The topological polar surface area (TPSA) is 81.9 Å². The van der Waals surface area contributed by atoms with Crippen molar-refractivity contribution in [2.75, 3.05) is 5.32 Å². The number of nitrogens with zero attached hydrogens (tertiary/aromatic N) is 4. The molecule has 1 amide bonds. The third kappa shape index (κ3) is 4.52. The number of thiophene rings is 1. The minimum absolute atomic E-state index is 0.153. The van der Waals surface area contributed by atoms with Crippen LogP contribution in [0.15, 0.2) is 58.6 Å². The Morgan fingerprint density at radius 1 is 1.14 bits per heavy atom. The largest absolute Gasteiger partial charge is 0.439 e. The minimum atomic E-state index is -0.153. The zero-order valence-electron chi connectivity index (χ0n) is 15.6. The number of nitrogens with one attached hydrogen (secondary N) is 1. The summed E-state index contributed by atoms with van der Waals surface area (Å²) < 4.78 is 8.46. The molecule has 0 aliphatic carbocycles. The third-order valence-electron chi connectivity index (χ3n) is 3.98. The normalized spacial score (nSPS) is 10.7. The van der Waals surface area contributed by atoms with Crippen LogP contribution >= 0.6 is 27.3 Å². The molecule has 4 aromatic rings. The highest BCUT2D eigenvalue weighted by molar-refractivity contribution is 9.10. The van der Waals surface area contributed by atoms with Gasteiger partial charge in [0.05, 0.1) is 10.6 Å². The van der Waals surface area contributed by atoms with Crippen LogP contribution in [0.2, 0.25) is 0 Å². The molecule has 1 aromatic carbocycles. The number of carbonyl (C=O) groups excluding carboxylic acids is 1. The van der Waals surface area contributed by atoms with Gasteiger partial charge in [0.15, 0.2) is 5.82 Å². The van der Waals surface area contributed by atoms with Crippen LogP contribution in [0.3, 0.4) is 0 Å². The predicted octanol–water partition coefficient (Wildman–Crippen LogP) is 5.15. The number of halogens is 1. The molecule has 0 saturated heterocycles. The van der Waals surface area contributed by atoms with Gasteiger partial charge in [-0.05, 0) is 66.2 Å². The first kappa shape index (κ1) is 19.3. The maximum atomic E-state index is 12.2. The van der Waals surface area contributed by atoms with Gasteiger partial charge in [-0.15, -0.1) is 11.3 Å². The van der Waals surface area contributed by atoms with Crippen molar-refractivity contribution in [3.05, 3.63) is 74.9 Å². The van der Waals surface area contributed by atoms with E-state index < -0.39 is 0 Å². The van der Waals surface area contributed by atoms with Crippen molar-refractivity contribution in [3.63, 3.8) is 0 Å². The monoisotopic (exact) mass is 469 g/mol. The number of ether oxygens (including phenoxy) is 1. The number of aryl methyl sites for hydroxylation is 2. The molecule has 3 aromatic heterocycles. The third-order valence-corrected chi connectivity index (χ3v) is 5.67. The lowest BCUT2D eigenvalue weighted by molar-refractivity contribution is 0.103. The average Bonchev–Trinajstić information content (AvgIpc) is 3.28. The van der Waals surface area contributed by atoms with Gasteiger partial charge in [-0.1, -0.05) is 0 Å². The summed E-state index contributed by atoms with van der Waals surface area (Å²) in [6.45, 7) is 3.89. The summed E-state index contributed by atoms with van der Waals surface area (Å²) in [6, 6.07) is 12.6. The zero-order chi connectivity index (χ0) is 20.4. The van der Waals surface area contributed by atoms with Crippen LogP contribution in [0.4, 0.5) is 5.69 Å². The van der Waals surface area contributed by atoms with E-state index in [-0.39, 0.29) is 5.91 Å². The number of rotatable bonds is 5. The van der Waals surface area contributed by atoms with Crippen LogP contribution in [0, 0.1) is 13.8 Å². The molecule has 29 heavy (non-hydrogen) atoms. The molecular weight excluding hydrogens is 454 g/mol. The van der Waals surface area contributed by atoms with Gasteiger partial charge in [-0.3, -0.25) is 4.79 Å². The fourth-order valence-electron chi connectivity index (χ4n) is 2.71. The van der Waals surface area contributed by atoms with Gasteiger partial charge in [0.2, 0.25) is 5.88 Å². The molecule has 0 aliphatic heterocycles. The zero-order valence-corrected chi connectivity index (χ0v) is 18.0. The van der Waals surface area contributed by atoms with Gasteiger partial charge in [0.1, 0.15) is 12.1 Å². The van der Waals surface area contributed by atoms with E-state index in [1.165, 1.54) is 17.7 Å². The van der Waals surface area contributed by atoms with Gasteiger partial charge in [0.25, 0.3) is 5.91 Å². The molecular formula is C20H16BrN5O2S. The van der Waals surface area contributed by atoms with Crippen LogP contribution in [-0.2, 0) is 0 Å². The van der Waals surface area contributed by atoms with Crippen molar-refractivity contribution in [1.82, 2.24) is 19.7 Å². The second-order valence-corrected chi connectivity index (χ2v) is 8.09. The predicted molar refractivity (Wildman–Crippen MR) is 115 cm³/mol. The van der Waals surface area contributed by atoms with Crippen LogP contribution in [0.25, 0.3) is 5.82 Å². The number of anilines is 1. The van der Waals surface area contributed by atoms with Gasteiger partial charge < -0.3 is 10.1 Å².